The van der Waals surface area contributed by atoms with Gasteiger partial charge in [0.15, 0.2) is 0 Å². The van der Waals surface area contributed by atoms with E-state index >= 15 is 0 Å². The van der Waals surface area contributed by atoms with Gasteiger partial charge in [-0.15, -0.1) is 0 Å². The molecule has 114 valence electrons. The minimum atomic E-state index is -0.596. The summed E-state index contributed by atoms with van der Waals surface area (Å²) >= 11 is 0. The highest BCUT2D eigenvalue weighted by Gasteiger charge is 2.39. The van der Waals surface area contributed by atoms with Crippen LogP contribution in [0.5, 0.6) is 11.5 Å². The van der Waals surface area contributed by atoms with E-state index < -0.39 is 5.54 Å². The molecule has 0 bridgehead atoms. The monoisotopic (exact) mass is 289 g/mol. The Morgan fingerprint density at radius 3 is 2.38 bits per heavy atom. The summed E-state index contributed by atoms with van der Waals surface area (Å²) in [4.78, 5) is 14.9. The van der Waals surface area contributed by atoms with Gasteiger partial charge in [0.25, 0.3) is 0 Å². The quantitative estimate of drug-likeness (QED) is 0.680. The van der Waals surface area contributed by atoms with E-state index in [1.54, 1.807) is 19.3 Å². The highest BCUT2D eigenvalue weighted by molar-refractivity contribution is 5.53. The van der Waals surface area contributed by atoms with Crippen molar-refractivity contribution < 1.29 is 14.6 Å². The smallest absolute Gasteiger partial charge is 0.235 e. The molecule has 1 aliphatic carbocycles. The summed E-state index contributed by atoms with van der Waals surface area (Å²) in [6.07, 6.45) is 5.29. The first-order valence-electron chi connectivity index (χ1n) is 7.35. The van der Waals surface area contributed by atoms with E-state index in [2.05, 4.69) is 4.99 Å². The Morgan fingerprint density at radius 1 is 1.29 bits per heavy atom. The van der Waals surface area contributed by atoms with E-state index in [9.17, 15) is 9.90 Å². The maximum atomic E-state index is 10.9. The number of nitrogens with zero attached hydrogens (tertiary/aromatic N) is 1. The van der Waals surface area contributed by atoms with Crippen LogP contribution in [0.1, 0.15) is 57.6 Å². The van der Waals surface area contributed by atoms with Crippen LogP contribution in [0.25, 0.3) is 0 Å². The van der Waals surface area contributed by atoms with Gasteiger partial charge in [0.1, 0.15) is 17.0 Å². The van der Waals surface area contributed by atoms with Crippen molar-refractivity contribution in [3.05, 3.63) is 23.3 Å². The molecule has 1 aromatic rings. The number of hydrogen-bond donors (Lipinski definition) is 1. The largest absolute Gasteiger partial charge is 0.508 e. The maximum Gasteiger partial charge on any atom is 0.235 e. The second kappa shape index (κ2) is 5.53. The lowest BCUT2D eigenvalue weighted by Gasteiger charge is -2.28. The minimum absolute atomic E-state index is 0.188. The summed E-state index contributed by atoms with van der Waals surface area (Å²) in [6.45, 7) is 6.11. The first kappa shape index (κ1) is 15.6. The first-order chi connectivity index (χ1) is 9.84. The van der Waals surface area contributed by atoms with Crippen LogP contribution >= 0.6 is 0 Å². The van der Waals surface area contributed by atoms with E-state index in [1.807, 2.05) is 26.8 Å². The Hall–Kier alpha value is -1.80. The van der Waals surface area contributed by atoms with E-state index in [4.69, 9.17) is 4.74 Å². The van der Waals surface area contributed by atoms with Crippen molar-refractivity contribution in [3.8, 4) is 11.5 Å². The molecule has 0 spiro atoms. The average molecular weight is 289 g/mol. The van der Waals surface area contributed by atoms with Gasteiger partial charge >= 0.3 is 0 Å². The molecule has 21 heavy (non-hydrogen) atoms. The van der Waals surface area contributed by atoms with Gasteiger partial charge in [-0.3, -0.25) is 0 Å². The Bertz CT molecular complexity index is 574. The highest BCUT2D eigenvalue weighted by Crippen LogP contribution is 2.48. The van der Waals surface area contributed by atoms with Crippen molar-refractivity contribution in [3.63, 3.8) is 0 Å². The topological polar surface area (TPSA) is 58.9 Å². The number of hydrogen-bond acceptors (Lipinski definition) is 4. The second-order valence-electron chi connectivity index (χ2n) is 6.76. The number of aromatic hydroxyl groups is 1. The van der Waals surface area contributed by atoms with Crippen molar-refractivity contribution >= 4 is 6.08 Å². The zero-order valence-corrected chi connectivity index (χ0v) is 13.2. The molecule has 1 N–H and O–H groups in total. The fourth-order valence-electron chi connectivity index (χ4n) is 3.19. The third kappa shape index (κ3) is 2.81. The SMILES string of the molecule is COc1cc(C(C)(C)C)c(O)cc1C1(N=C=O)CCCC1. The van der Waals surface area contributed by atoms with E-state index in [1.165, 1.54) is 0 Å². The molecular weight excluding hydrogens is 266 g/mol. The number of phenols is 1. The number of rotatable bonds is 3. The Labute approximate surface area is 125 Å². The molecule has 0 radical (unpaired) electrons. The molecule has 0 atom stereocenters. The van der Waals surface area contributed by atoms with Crippen LogP contribution in [0.4, 0.5) is 0 Å². The number of isocyanates is 1. The number of benzene rings is 1. The fraction of sp³-hybridized carbons (Fsp3) is 0.588. The highest BCUT2D eigenvalue weighted by atomic mass is 16.5. The Morgan fingerprint density at radius 2 is 1.90 bits per heavy atom. The number of phenolic OH excluding ortho intramolecular Hbond substituents is 1. The lowest BCUT2D eigenvalue weighted by atomic mass is 9.81. The van der Waals surface area contributed by atoms with Gasteiger partial charge < -0.3 is 9.84 Å². The zero-order valence-electron chi connectivity index (χ0n) is 13.2. The third-order valence-electron chi connectivity index (χ3n) is 4.32. The molecule has 0 aromatic heterocycles. The lowest BCUT2D eigenvalue weighted by Crippen LogP contribution is -2.21. The molecule has 1 aliphatic rings. The molecule has 1 saturated carbocycles. The summed E-state index contributed by atoms with van der Waals surface area (Å²) < 4.78 is 5.52. The first-order valence-corrected chi connectivity index (χ1v) is 7.35. The Kier molecular flexibility index (Phi) is 4.11. The normalized spacial score (nSPS) is 17.3. The predicted octanol–water partition coefficient (Wildman–Crippen LogP) is 3.80. The minimum Gasteiger partial charge on any atom is -0.508 e. The maximum absolute atomic E-state index is 10.9. The molecule has 1 fully saturated rings. The average Bonchev–Trinajstić information content (AvgIpc) is 2.87. The second-order valence-corrected chi connectivity index (χ2v) is 6.76. The Balaban J connectivity index is 2.64. The zero-order chi connectivity index (χ0) is 15.7. The van der Waals surface area contributed by atoms with Crippen LogP contribution in [-0.4, -0.2) is 18.3 Å². The van der Waals surface area contributed by atoms with Crippen molar-refractivity contribution in [2.45, 2.75) is 57.4 Å². The summed E-state index contributed by atoms with van der Waals surface area (Å²) in [5, 5.41) is 10.4. The summed E-state index contributed by atoms with van der Waals surface area (Å²) in [7, 11) is 1.61. The fourth-order valence-corrected chi connectivity index (χ4v) is 3.19. The molecule has 0 saturated heterocycles. The molecule has 2 rings (SSSR count). The van der Waals surface area contributed by atoms with Crippen LogP contribution in [0.3, 0.4) is 0 Å². The molecule has 0 amide bonds. The van der Waals surface area contributed by atoms with Gasteiger partial charge in [-0.2, -0.15) is 4.99 Å². The summed E-state index contributed by atoms with van der Waals surface area (Å²) in [5.74, 6) is 0.907. The molecule has 0 unspecified atom stereocenters. The third-order valence-corrected chi connectivity index (χ3v) is 4.32. The lowest BCUT2D eigenvalue weighted by molar-refractivity contribution is 0.371. The predicted molar refractivity (Wildman–Crippen MR) is 81.6 cm³/mol. The van der Waals surface area contributed by atoms with Crippen molar-refractivity contribution in [2.24, 2.45) is 4.99 Å². The van der Waals surface area contributed by atoms with E-state index in [-0.39, 0.29) is 11.2 Å². The van der Waals surface area contributed by atoms with Crippen LogP contribution in [0, 0.1) is 0 Å². The van der Waals surface area contributed by atoms with Crippen LogP contribution in [-0.2, 0) is 15.7 Å². The van der Waals surface area contributed by atoms with E-state index in [0.717, 1.165) is 36.8 Å². The molecule has 0 aliphatic heterocycles. The molecule has 0 heterocycles. The van der Waals surface area contributed by atoms with Gasteiger partial charge in [0.05, 0.1) is 7.11 Å². The van der Waals surface area contributed by atoms with Crippen LogP contribution in [0.15, 0.2) is 17.1 Å². The van der Waals surface area contributed by atoms with Gasteiger partial charge in [-0.25, -0.2) is 4.79 Å². The van der Waals surface area contributed by atoms with E-state index in [0.29, 0.717) is 5.75 Å². The number of ether oxygens (including phenoxy) is 1. The number of aliphatic imine (C=N–C) groups is 1. The van der Waals surface area contributed by atoms with Gasteiger partial charge in [0.2, 0.25) is 6.08 Å². The van der Waals surface area contributed by atoms with Gasteiger partial charge in [-0.1, -0.05) is 33.6 Å². The van der Waals surface area contributed by atoms with Crippen molar-refractivity contribution in [1.82, 2.24) is 0 Å². The van der Waals surface area contributed by atoms with Gasteiger partial charge in [0, 0.05) is 11.1 Å². The van der Waals surface area contributed by atoms with Gasteiger partial charge in [-0.05, 0) is 30.4 Å². The molecule has 4 heteroatoms. The number of carbonyl (C=O) groups excluding carboxylic acids is 1. The van der Waals surface area contributed by atoms with Crippen molar-refractivity contribution in [2.75, 3.05) is 7.11 Å². The molecule has 1 aromatic carbocycles. The summed E-state index contributed by atoms with van der Waals surface area (Å²) in [5.41, 5.74) is 0.830. The summed E-state index contributed by atoms with van der Waals surface area (Å²) in [6, 6.07) is 3.58. The number of methoxy groups -OCH3 is 1. The standard InChI is InChI=1S/C17H23NO3/c1-16(2,3)12-10-15(21-4)13(9-14(12)20)17(18-11-19)7-5-6-8-17/h9-10,20H,5-8H2,1-4H3. The van der Waals surface area contributed by atoms with Crippen LogP contribution in [0.2, 0.25) is 0 Å². The van der Waals surface area contributed by atoms with Crippen LogP contribution < -0.4 is 4.74 Å². The molecular formula is C17H23NO3. The van der Waals surface area contributed by atoms with Crippen molar-refractivity contribution in [1.29, 1.82) is 0 Å². The molecule has 4 nitrogen and oxygen atoms in total.